The zero-order valence-electron chi connectivity index (χ0n) is 18.2. The summed E-state index contributed by atoms with van der Waals surface area (Å²) in [4.78, 5) is 12.8. The second-order valence-electron chi connectivity index (χ2n) is 9.56. The Morgan fingerprint density at radius 3 is 1.24 bits per heavy atom. The van der Waals surface area contributed by atoms with Gasteiger partial charge in [0.25, 0.3) is 0 Å². The predicted octanol–water partition coefficient (Wildman–Crippen LogP) is 7.30. The first-order valence-electron chi connectivity index (χ1n) is 10.1. The van der Waals surface area contributed by atoms with Crippen LogP contribution in [0.15, 0.2) is 72.8 Å². The highest BCUT2D eigenvalue weighted by atomic mass is 16.5. The minimum atomic E-state index is 0.0199. The van der Waals surface area contributed by atoms with Crippen LogP contribution in [-0.2, 0) is 10.8 Å². The van der Waals surface area contributed by atoms with Crippen molar-refractivity contribution in [3.63, 3.8) is 0 Å². The largest absolute Gasteiger partial charge is 0.457 e. The van der Waals surface area contributed by atoms with E-state index in [-0.39, 0.29) is 16.6 Å². The highest BCUT2D eigenvalue weighted by Crippen LogP contribution is 2.28. The normalized spacial score (nSPS) is 11.9. The van der Waals surface area contributed by atoms with Crippen LogP contribution in [0, 0.1) is 0 Å². The van der Waals surface area contributed by atoms with Crippen molar-refractivity contribution in [1.29, 1.82) is 0 Å². The second-order valence-corrected chi connectivity index (χ2v) is 9.56. The average Bonchev–Trinajstić information content (AvgIpc) is 2.67. The average molecular weight is 387 g/mol. The van der Waals surface area contributed by atoms with Crippen molar-refractivity contribution in [2.45, 2.75) is 52.4 Å². The van der Waals surface area contributed by atoms with Crippen molar-refractivity contribution < 1.29 is 9.53 Å². The number of hydrogen-bond acceptors (Lipinski definition) is 2. The van der Waals surface area contributed by atoms with Crippen molar-refractivity contribution in [3.8, 4) is 11.5 Å². The molecule has 0 saturated heterocycles. The van der Waals surface area contributed by atoms with Crippen LogP contribution in [0.3, 0.4) is 0 Å². The second kappa shape index (κ2) is 7.87. The van der Waals surface area contributed by atoms with Crippen molar-refractivity contribution in [3.05, 3.63) is 95.1 Å². The van der Waals surface area contributed by atoms with Crippen LogP contribution >= 0.6 is 0 Å². The summed E-state index contributed by atoms with van der Waals surface area (Å²) >= 11 is 0. The molecule has 2 nitrogen and oxygen atoms in total. The molecule has 0 aromatic heterocycles. The molecule has 150 valence electrons. The van der Waals surface area contributed by atoms with Gasteiger partial charge in [-0.3, -0.25) is 4.79 Å². The number of rotatable bonds is 4. The van der Waals surface area contributed by atoms with Gasteiger partial charge in [-0.1, -0.05) is 77.9 Å². The summed E-state index contributed by atoms with van der Waals surface area (Å²) in [6.45, 7) is 13.1. The molecule has 3 aromatic carbocycles. The molecule has 0 heterocycles. The molecule has 0 unspecified atom stereocenters. The molecule has 0 aliphatic heterocycles. The summed E-state index contributed by atoms with van der Waals surface area (Å²) in [5.41, 5.74) is 4.03. The maximum absolute atomic E-state index is 12.8. The van der Waals surface area contributed by atoms with Gasteiger partial charge >= 0.3 is 0 Å². The fourth-order valence-electron chi connectivity index (χ4n) is 3.12. The lowest BCUT2D eigenvalue weighted by atomic mass is 9.86. The SMILES string of the molecule is CC(C)(C)c1ccc(Oc2ccc(C(=O)c3ccc(C(C)(C)C)cc3)cc2)cc1. The molecule has 0 aliphatic carbocycles. The van der Waals surface area contributed by atoms with E-state index in [0.29, 0.717) is 16.9 Å². The fourth-order valence-corrected chi connectivity index (χ4v) is 3.12. The van der Waals surface area contributed by atoms with Crippen LogP contribution in [0.2, 0.25) is 0 Å². The molecule has 0 amide bonds. The van der Waals surface area contributed by atoms with Crippen LogP contribution in [0.5, 0.6) is 11.5 Å². The number of carbonyl (C=O) groups is 1. The smallest absolute Gasteiger partial charge is 0.193 e. The Balaban J connectivity index is 1.70. The molecular weight excluding hydrogens is 356 g/mol. The molecule has 0 bridgehead atoms. The molecule has 3 aromatic rings. The molecule has 0 fully saturated rings. The van der Waals surface area contributed by atoms with E-state index in [9.17, 15) is 4.79 Å². The molecule has 0 saturated carbocycles. The third-order valence-electron chi connectivity index (χ3n) is 5.09. The lowest BCUT2D eigenvalue weighted by Gasteiger charge is -2.19. The molecule has 2 heteroatoms. The number of carbonyl (C=O) groups excluding carboxylic acids is 1. The Bertz CT molecular complexity index is 965. The van der Waals surface area contributed by atoms with E-state index >= 15 is 0 Å². The lowest BCUT2D eigenvalue weighted by Crippen LogP contribution is -2.11. The molecule has 0 radical (unpaired) electrons. The monoisotopic (exact) mass is 386 g/mol. The summed E-state index contributed by atoms with van der Waals surface area (Å²) in [6, 6.07) is 23.3. The first-order valence-corrected chi connectivity index (χ1v) is 10.1. The van der Waals surface area contributed by atoms with Crippen LogP contribution in [0.4, 0.5) is 0 Å². The van der Waals surface area contributed by atoms with Gasteiger partial charge < -0.3 is 4.74 Å². The van der Waals surface area contributed by atoms with E-state index in [0.717, 1.165) is 5.75 Å². The molecule has 29 heavy (non-hydrogen) atoms. The Kier molecular flexibility index (Phi) is 5.66. The van der Waals surface area contributed by atoms with Gasteiger partial charge in [0.05, 0.1) is 0 Å². The number of hydrogen-bond donors (Lipinski definition) is 0. The summed E-state index contributed by atoms with van der Waals surface area (Å²) < 4.78 is 5.93. The van der Waals surface area contributed by atoms with Gasteiger partial charge in [-0.2, -0.15) is 0 Å². The third kappa shape index (κ3) is 5.14. The number of benzene rings is 3. The van der Waals surface area contributed by atoms with Crippen molar-refractivity contribution in [1.82, 2.24) is 0 Å². The minimum Gasteiger partial charge on any atom is -0.457 e. The predicted molar refractivity (Wildman–Crippen MR) is 120 cm³/mol. The third-order valence-corrected chi connectivity index (χ3v) is 5.09. The van der Waals surface area contributed by atoms with Crippen molar-refractivity contribution in [2.24, 2.45) is 0 Å². The van der Waals surface area contributed by atoms with Crippen LogP contribution in [0.1, 0.15) is 68.6 Å². The van der Waals surface area contributed by atoms with Crippen LogP contribution < -0.4 is 4.74 Å². The highest BCUT2D eigenvalue weighted by molar-refractivity contribution is 6.09. The zero-order chi connectivity index (χ0) is 21.2. The summed E-state index contributed by atoms with van der Waals surface area (Å²) in [7, 11) is 0. The standard InChI is InChI=1S/C27H30O2/c1-26(2,3)21-11-7-19(8-12-21)25(28)20-9-15-23(16-10-20)29-24-17-13-22(14-18-24)27(4,5)6/h7-18H,1-6H3. The number of ketones is 1. The lowest BCUT2D eigenvalue weighted by molar-refractivity contribution is 0.103. The zero-order valence-corrected chi connectivity index (χ0v) is 18.2. The first kappa shape index (κ1) is 20.9. The van der Waals surface area contributed by atoms with E-state index in [1.54, 1.807) is 0 Å². The van der Waals surface area contributed by atoms with Crippen molar-refractivity contribution in [2.75, 3.05) is 0 Å². The van der Waals surface area contributed by atoms with Crippen LogP contribution in [0.25, 0.3) is 0 Å². The van der Waals surface area contributed by atoms with Gasteiger partial charge in [0.2, 0.25) is 0 Å². The Hall–Kier alpha value is -2.87. The van der Waals surface area contributed by atoms with Gasteiger partial charge in [-0.05, 0) is 58.4 Å². The molecule has 0 spiro atoms. The minimum absolute atomic E-state index is 0.0199. The quantitative estimate of drug-likeness (QED) is 0.440. The molecular formula is C27H30O2. The van der Waals surface area contributed by atoms with E-state index in [1.165, 1.54) is 11.1 Å². The Morgan fingerprint density at radius 2 is 0.862 bits per heavy atom. The van der Waals surface area contributed by atoms with Gasteiger partial charge in [-0.25, -0.2) is 0 Å². The van der Waals surface area contributed by atoms with Crippen LogP contribution in [-0.4, -0.2) is 5.78 Å². The summed E-state index contributed by atoms with van der Waals surface area (Å²) in [6.07, 6.45) is 0. The Labute approximate surface area is 174 Å². The van der Waals surface area contributed by atoms with Gasteiger partial charge in [0.15, 0.2) is 5.78 Å². The van der Waals surface area contributed by atoms with Gasteiger partial charge in [0.1, 0.15) is 11.5 Å². The maximum Gasteiger partial charge on any atom is 0.193 e. The van der Waals surface area contributed by atoms with E-state index in [1.807, 2.05) is 60.7 Å². The molecule has 0 N–H and O–H groups in total. The summed E-state index contributed by atoms with van der Waals surface area (Å²) in [5.74, 6) is 1.52. The molecule has 3 rings (SSSR count). The highest BCUT2D eigenvalue weighted by Gasteiger charge is 2.16. The fraction of sp³-hybridized carbons (Fsp3) is 0.296. The van der Waals surface area contributed by atoms with E-state index < -0.39 is 0 Å². The number of ether oxygens (including phenoxy) is 1. The van der Waals surface area contributed by atoms with Gasteiger partial charge in [-0.15, -0.1) is 0 Å². The van der Waals surface area contributed by atoms with Crippen molar-refractivity contribution >= 4 is 5.78 Å². The maximum atomic E-state index is 12.8. The topological polar surface area (TPSA) is 26.3 Å². The van der Waals surface area contributed by atoms with E-state index in [4.69, 9.17) is 4.74 Å². The Morgan fingerprint density at radius 1 is 0.552 bits per heavy atom. The van der Waals surface area contributed by atoms with Gasteiger partial charge in [0, 0.05) is 11.1 Å². The first-order chi connectivity index (χ1) is 13.5. The molecule has 0 atom stereocenters. The summed E-state index contributed by atoms with van der Waals surface area (Å²) in [5, 5.41) is 0. The van der Waals surface area contributed by atoms with E-state index in [2.05, 4.69) is 53.7 Å². The molecule has 0 aliphatic rings.